The van der Waals surface area contributed by atoms with Gasteiger partial charge in [-0.3, -0.25) is 0 Å². The smallest absolute Gasteiger partial charge is 0.0823 e. The van der Waals surface area contributed by atoms with Crippen molar-refractivity contribution in [2.75, 3.05) is 5.32 Å². The highest BCUT2D eigenvalue weighted by Gasteiger charge is 2.09. The van der Waals surface area contributed by atoms with E-state index in [0.29, 0.717) is 10.0 Å². The van der Waals surface area contributed by atoms with E-state index in [1.807, 2.05) is 24.3 Å². The number of anilines is 1. The first-order valence-electron chi connectivity index (χ1n) is 5.54. The molecule has 2 aromatic carbocycles. The maximum Gasteiger partial charge on any atom is 0.0823 e. The molecule has 1 nitrogen and oxygen atoms in total. The van der Waals surface area contributed by atoms with Gasteiger partial charge in [-0.15, -0.1) is 0 Å². The molecule has 0 aliphatic rings. The molecular formula is C14H12BrCl2N. The number of hydrogen-bond donors (Lipinski definition) is 1. The van der Waals surface area contributed by atoms with Gasteiger partial charge in [-0.2, -0.15) is 0 Å². The third-order valence-corrected chi connectivity index (χ3v) is 3.98. The molecule has 0 amide bonds. The van der Waals surface area contributed by atoms with Crippen molar-refractivity contribution in [2.45, 2.75) is 13.0 Å². The highest BCUT2D eigenvalue weighted by Crippen LogP contribution is 2.32. The second kappa shape index (κ2) is 5.96. The lowest BCUT2D eigenvalue weighted by Gasteiger charge is -2.17. The molecule has 2 aromatic rings. The molecule has 0 saturated carbocycles. The Balaban J connectivity index is 2.21. The maximum atomic E-state index is 6.15. The summed E-state index contributed by atoms with van der Waals surface area (Å²) in [6.07, 6.45) is 0. The standard InChI is InChI=1S/C14H12BrCl2N/c1-9(10-4-2-5-11(15)8-10)18-13-7-3-6-12(16)14(13)17/h2-9,18H,1H3. The zero-order valence-corrected chi connectivity index (χ0v) is 12.9. The number of nitrogens with one attached hydrogen (secondary N) is 1. The van der Waals surface area contributed by atoms with E-state index in [4.69, 9.17) is 23.2 Å². The lowest BCUT2D eigenvalue weighted by Crippen LogP contribution is -2.06. The molecule has 94 valence electrons. The largest absolute Gasteiger partial charge is 0.377 e. The van der Waals surface area contributed by atoms with Gasteiger partial charge in [-0.25, -0.2) is 0 Å². The van der Waals surface area contributed by atoms with E-state index in [-0.39, 0.29) is 6.04 Å². The molecule has 0 aliphatic heterocycles. The zero-order chi connectivity index (χ0) is 13.1. The normalized spacial score (nSPS) is 12.2. The lowest BCUT2D eigenvalue weighted by molar-refractivity contribution is 0.884. The second-order valence-corrected chi connectivity index (χ2v) is 5.72. The summed E-state index contributed by atoms with van der Waals surface area (Å²) in [4.78, 5) is 0. The van der Waals surface area contributed by atoms with E-state index >= 15 is 0 Å². The van der Waals surface area contributed by atoms with Gasteiger partial charge in [0.2, 0.25) is 0 Å². The van der Waals surface area contributed by atoms with Gasteiger partial charge in [-0.1, -0.05) is 57.3 Å². The van der Waals surface area contributed by atoms with E-state index in [2.05, 4.69) is 40.3 Å². The van der Waals surface area contributed by atoms with Crippen molar-refractivity contribution in [1.29, 1.82) is 0 Å². The Morgan fingerprint density at radius 2 is 1.83 bits per heavy atom. The minimum Gasteiger partial charge on any atom is -0.377 e. The predicted octanol–water partition coefficient (Wildman–Crippen LogP) is 5.93. The van der Waals surface area contributed by atoms with Gasteiger partial charge in [0, 0.05) is 10.5 Å². The summed E-state index contributed by atoms with van der Waals surface area (Å²) in [6.45, 7) is 2.08. The summed E-state index contributed by atoms with van der Waals surface area (Å²) in [6, 6.07) is 13.9. The molecule has 0 aliphatic carbocycles. The highest BCUT2D eigenvalue weighted by atomic mass is 79.9. The summed E-state index contributed by atoms with van der Waals surface area (Å²) in [5.74, 6) is 0. The van der Waals surface area contributed by atoms with E-state index in [1.165, 1.54) is 5.56 Å². The topological polar surface area (TPSA) is 12.0 Å². The van der Waals surface area contributed by atoms with Crippen LogP contribution in [0.2, 0.25) is 10.0 Å². The van der Waals surface area contributed by atoms with Crippen molar-refractivity contribution in [3.05, 3.63) is 62.5 Å². The molecule has 18 heavy (non-hydrogen) atoms. The van der Waals surface area contributed by atoms with Crippen LogP contribution in [0.15, 0.2) is 46.9 Å². The van der Waals surface area contributed by atoms with Crippen LogP contribution in [-0.2, 0) is 0 Å². The molecular weight excluding hydrogens is 333 g/mol. The summed E-state index contributed by atoms with van der Waals surface area (Å²) >= 11 is 15.6. The van der Waals surface area contributed by atoms with Crippen molar-refractivity contribution >= 4 is 44.8 Å². The number of halogens is 3. The summed E-state index contributed by atoms with van der Waals surface area (Å²) in [5, 5.41) is 4.47. The van der Waals surface area contributed by atoms with Crippen LogP contribution >= 0.6 is 39.1 Å². The summed E-state index contributed by atoms with van der Waals surface area (Å²) in [5.41, 5.74) is 2.03. The Bertz CT molecular complexity index is 557. The molecule has 0 saturated heterocycles. The van der Waals surface area contributed by atoms with Gasteiger partial charge in [0.15, 0.2) is 0 Å². The average Bonchev–Trinajstić information content (AvgIpc) is 2.35. The van der Waals surface area contributed by atoms with E-state index < -0.39 is 0 Å². The van der Waals surface area contributed by atoms with Crippen molar-refractivity contribution < 1.29 is 0 Å². The van der Waals surface area contributed by atoms with Crippen molar-refractivity contribution in [3.63, 3.8) is 0 Å². The predicted molar refractivity (Wildman–Crippen MR) is 82.6 cm³/mol. The van der Waals surface area contributed by atoms with E-state index in [1.54, 1.807) is 6.07 Å². The second-order valence-electron chi connectivity index (χ2n) is 4.02. The van der Waals surface area contributed by atoms with Gasteiger partial charge < -0.3 is 5.32 Å². The van der Waals surface area contributed by atoms with Crippen molar-refractivity contribution in [1.82, 2.24) is 0 Å². The fourth-order valence-electron chi connectivity index (χ4n) is 1.71. The molecule has 0 heterocycles. The molecule has 0 spiro atoms. The summed E-state index contributed by atoms with van der Waals surface area (Å²) in [7, 11) is 0. The average molecular weight is 345 g/mol. The Kier molecular flexibility index (Phi) is 4.55. The lowest BCUT2D eigenvalue weighted by atomic mass is 10.1. The molecule has 0 aromatic heterocycles. The first kappa shape index (κ1) is 13.7. The minimum absolute atomic E-state index is 0.151. The summed E-state index contributed by atoms with van der Waals surface area (Å²) < 4.78 is 1.06. The molecule has 1 unspecified atom stereocenters. The van der Waals surface area contributed by atoms with Crippen molar-refractivity contribution in [2.24, 2.45) is 0 Å². The van der Waals surface area contributed by atoms with Gasteiger partial charge in [0.1, 0.15) is 0 Å². The molecule has 0 fully saturated rings. The van der Waals surface area contributed by atoms with Crippen LogP contribution in [-0.4, -0.2) is 0 Å². The Morgan fingerprint density at radius 1 is 1.11 bits per heavy atom. The molecule has 4 heteroatoms. The third kappa shape index (κ3) is 3.19. The van der Waals surface area contributed by atoms with Crippen LogP contribution in [0.25, 0.3) is 0 Å². The molecule has 1 N–H and O–H groups in total. The molecule has 1 atom stereocenters. The molecule has 0 radical (unpaired) electrons. The van der Waals surface area contributed by atoms with Crippen LogP contribution in [0.5, 0.6) is 0 Å². The molecule has 0 bridgehead atoms. The highest BCUT2D eigenvalue weighted by molar-refractivity contribution is 9.10. The van der Waals surface area contributed by atoms with Crippen LogP contribution in [0, 0.1) is 0 Å². The third-order valence-electron chi connectivity index (χ3n) is 2.67. The van der Waals surface area contributed by atoms with Gasteiger partial charge in [0.05, 0.1) is 15.7 Å². The monoisotopic (exact) mass is 343 g/mol. The van der Waals surface area contributed by atoms with Gasteiger partial charge in [-0.05, 0) is 36.8 Å². The van der Waals surface area contributed by atoms with Crippen molar-refractivity contribution in [3.8, 4) is 0 Å². The van der Waals surface area contributed by atoms with Crippen LogP contribution < -0.4 is 5.32 Å². The fourth-order valence-corrected chi connectivity index (χ4v) is 2.48. The Hall–Kier alpha value is -0.700. The number of hydrogen-bond acceptors (Lipinski definition) is 1. The van der Waals surface area contributed by atoms with Crippen LogP contribution in [0.4, 0.5) is 5.69 Å². The quantitative estimate of drug-likeness (QED) is 0.727. The van der Waals surface area contributed by atoms with Gasteiger partial charge in [0.25, 0.3) is 0 Å². The zero-order valence-electron chi connectivity index (χ0n) is 9.75. The van der Waals surface area contributed by atoms with Crippen LogP contribution in [0.3, 0.4) is 0 Å². The first-order chi connectivity index (χ1) is 8.58. The number of benzene rings is 2. The van der Waals surface area contributed by atoms with E-state index in [0.717, 1.165) is 10.2 Å². The Morgan fingerprint density at radius 3 is 2.56 bits per heavy atom. The number of rotatable bonds is 3. The van der Waals surface area contributed by atoms with Crippen LogP contribution in [0.1, 0.15) is 18.5 Å². The fraction of sp³-hybridized carbons (Fsp3) is 0.143. The maximum absolute atomic E-state index is 6.15. The SMILES string of the molecule is CC(Nc1cccc(Cl)c1Cl)c1cccc(Br)c1. The minimum atomic E-state index is 0.151. The Labute approximate surface area is 125 Å². The first-order valence-corrected chi connectivity index (χ1v) is 7.09. The van der Waals surface area contributed by atoms with Gasteiger partial charge >= 0.3 is 0 Å². The molecule has 2 rings (SSSR count). The van der Waals surface area contributed by atoms with E-state index in [9.17, 15) is 0 Å².